The zero-order chi connectivity index (χ0) is 12.4. The molecule has 1 heterocycles. The van der Waals surface area contributed by atoms with Crippen molar-refractivity contribution in [3.05, 3.63) is 18.3 Å². The van der Waals surface area contributed by atoms with Crippen molar-refractivity contribution in [2.45, 2.75) is 31.2 Å². The molecule has 0 aliphatic carbocycles. The number of hydrazine groups is 1. The first kappa shape index (κ1) is 12.9. The summed E-state index contributed by atoms with van der Waals surface area (Å²) in [7, 11) is -3.62. The van der Waals surface area contributed by atoms with Gasteiger partial charge in [-0.25, -0.2) is 24.0 Å². The third-order valence-corrected chi connectivity index (χ3v) is 3.43. The molecular formula is C9H16N4O2S. The predicted octanol–water partition coefficient (Wildman–Crippen LogP) is 0.444. The van der Waals surface area contributed by atoms with Gasteiger partial charge in [-0.3, -0.25) is 0 Å². The maximum atomic E-state index is 12.0. The molecule has 0 aromatic carbocycles. The van der Waals surface area contributed by atoms with Crippen molar-refractivity contribution in [3.8, 4) is 0 Å². The largest absolute Gasteiger partial charge is 0.307 e. The van der Waals surface area contributed by atoms with Crippen LogP contribution in [0.1, 0.15) is 20.8 Å². The van der Waals surface area contributed by atoms with Crippen molar-refractivity contribution < 1.29 is 8.42 Å². The molecule has 1 aromatic rings. The summed E-state index contributed by atoms with van der Waals surface area (Å²) in [5.74, 6) is 5.33. The van der Waals surface area contributed by atoms with Crippen molar-refractivity contribution in [3.63, 3.8) is 0 Å². The Kier molecular flexibility index (Phi) is 3.51. The van der Waals surface area contributed by atoms with Crippen molar-refractivity contribution >= 4 is 15.8 Å². The molecule has 0 aliphatic heterocycles. The number of nitrogens with one attached hydrogen (secondary N) is 2. The Balaban J connectivity index is 3.17. The van der Waals surface area contributed by atoms with Crippen LogP contribution in [0.5, 0.6) is 0 Å². The summed E-state index contributed by atoms with van der Waals surface area (Å²) >= 11 is 0. The fourth-order valence-corrected chi connectivity index (χ4v) is 2.71. The predicted molar refractivity (Wildman–Crippen MR) is 62.1 cm³/mol. The fourth-order valence-electron chi connectivity index (χ4n) is 1.17. The molecule has 0 aliphatic rings. The van der Waals surface area contributed by atoms with Gasteiger partial charge < -0.3 is 5.43 Å². The van der Waals surface area contributed by atoms with E-state index in [-0.39, 0.29) is 10.7 Å². The molecule has 0 unspecified atom stereocenters. The van der Waals surface area contributed by atoms with Crippen LogP contribution in [0.4, 0.5) is 5.82 Å². The smallest absolute Gasteiger partial charge is 0.244 e. The third-order valence-electron chi connectivity index (χ3n) is 1.64. The number of hydrogen-bond donors (Lipinski definition) is 3. The zero-order valence-corrected chi connectivity index (χ0v) is 10.3. The van der Waals surface area contributed by atoms with Gasteiger partial charge in [0.05, 0.1) is 0 Å². The second-order valence-electron chi connectivity index (χ2n) is 4.35. The van der Waals surface area contributed by atoms with Gasteiger partial charge >= 0.3 is 0 Å². The molecule has 0 saturated heterocycles. The summed E-state index contributed by atoms with van der Waals surface area (Å²) in [5, 5.41) is 0. The maximum absolute atomic E-state index is 12.0. The quantitative estimate of drug-likeness (QED) is 0.529. The van der Waals surface area contributed by atoms with E-state index in [1.54, 1.807) is 20.8 Å². The lowest BCUT2D eigenvalue weighted by Crippen LogP contribution is -2.40. The van der Waals surface area contributed by atoms with Crippen LogP contribution in [0.2, 0.25) is 0 Å². The Morgan fingerprint density at radius 3 is 2.50 bits per heavy atom. The van der Waals surface area contributed by atoms with E-state index in [1.165, 1.54) is 18.3 Å². The molecule has 7 heteroatoms. The molecule has 0 fully saturated rings. The molecule has 0 atom stereocenters. The standard InChI is InChI=1S/C9H16N4O2S/c1-9(2,3)13-16(14,15)7-5-4-6-11-8(7)12-10/h4-6,13H,10H2,1-3H3,(H,11,12). The molecule has 1 aromatic heterocycles. The van der Waals surface area contributed by atoms with Crippen LogP contribution in [-0.4, -0.2) is 18.9 Å². The zero-order valence-electron chi connectivity index (χ0n) is 9.48. The summed E-state index contributed by atoms with van der Waals surface area (Å²) in [6.07, 6.45) is 1.46. The van der Waals surface area contributed by atoms with E-state index < -0.39 is 15.6 Å². The van der Waals surface area contributed by atoms with E-state index in [2.05, 4.69) is 15.1 Å². The highest BCUT2D eigenvalue weighted by atomic mass is 32.2. The SMILES string of the molecule is CC(C)(C)NS(=O)(=O)c1cccnc1NN. The van der Waals surface area contributed by atoms with Crippen LogP contribution in [0.25, 0.3) is 0 Å². The Morgan fingerprint density at radius 1 is 1.38 bits per heavy atom. The van der Waals surface area contributed by atoms with Gasteiger partial charge in [-0.2, -0.15) is 0 Å². The van der Waals surface area contributed by atoms with Crippen LogP contribution in [-0.2, 0) is 10.0 Å². The normalized spacial score (nSPS) is 12.5. The summed E-state index contributed by atoms with van der Waals surface area (Å²) in [6.45, 7) is 5.28. The number of rotatable bonds is 3. The van der Waals surface area contributed by atoms with E-state index in [4.69, 9.17) is 5.84 Å². The molecular weight excluding hydrogens is 228 g/mol. The van der Waals surface area contributed by atoms with E-state index in [1.807, 2.05) is 0 Å². The lowest BCUT2D eigenvalue weighted by Gasteiger charge is -2.21. The Morgan fingerprint density at radius 2 is 2.00 bits per heavy atom. The van der Waals surface area contributed by atoms with Crippen molar-refractivity contribution in [2.24, 2.45) is 5.84 Å². The topological polar surface area (TPSA) is 97.1 Å². The Hall–Kier alpha value is -1.18. The average Bonchev–Trinajstić information content (AvgIpc) is 2.14. The van der Waals surface area contributed by atoms with Gasteiger partial charge in [0.2, 0.25) is 10.0 Å². The molecule has 4 N–H and O–H groups in total. The number of nitrogens with two attached hydrogens (primary N) is 1. The van der Waals surface area contributed by atoms with E-state index in [9.17, 15) is 8.42 Å². The van der Waals surface area contributed by atoms with Gasteiger partial charge in [0.15, 0.2) is 5.82 Å². The fraction of sp³-hybridized carbons (Fsp3) is 0.444. The highest BCUT2D eigenvalue weighted by Crippen LogP contribution is 2.18. The van der Waals surface area contributed by atoms with Gasteiger partial charge in [-0.1, -0.05) is 0 Å². The first-order valence-electron chi connectivity index (χ1n) is 4.72. The first-order chi connectivity index (χ1) is 7.26. The minimum Gasteiger partial charge on any atom is -0.307 e. The Bertz CT molecular complexity index is 465. The van der Waals surface area contributed by atoms with Crippen LogP contribution in [0.15, 0.2) is 23.2 Å². The molecule has 16 heavy (non-hydrogen) atoms. The molecule has 0 spiro atoms. The average molecular weight is 244 g/mol. The number of pyridine rings is 1. The van der Waals surface area contributed by atoms with E-state index in [0.29, 0.717) is 0 Å². The van der Waals surface area contributed by atoms with Gasteiger partial charge in [0, 0.05) is 11.7 Å². The molecule has 0 radical (unpaired) electrons. The van der Waals surface area contributed by atoms with Crippen LogP contribution in [0, 0.1) is 0 Å². The van der Waals surface area contributed by atoms with Crippen LogP contribution >= 0.6 is 0 Å². The number of nitrogens with zero attached hydrogens (tertiary/aromatic N) is 1. The van der Waals surface area contributed by atoms with Gasteiger partial charge in [-0.15, -0.1) is 0 Å². The van der Waals surface area contributed by atoms with Gasteiger partial charge in [-0.05, 0) is 32.9 Å². The molecule has 1 rings (SSSR count). The molecule has 6 nitrogen and oxygen atoms in total. The number of sulfonamides is 1. The summed E-state index contributed by atoms with van der Waals surface area (Å²) < 4.78 is 26.5. The second-order valence-corrected chi connectivity index (χ2v) is 6.00. The summed E-state index contributed by atoms with van der Waals surface area (Å²) in [4.78, 5) is 3.87. The van der Waals surface area contributed by atoms with Crippen molar-refractivity contribution in [1.29, 1.82) is 0 Å². The molecule has 90 valence electrons. The number of anilines is 1. The minimum absolute atomic E-state index is 0.0347. The van der Waals surface area contributed by atoms with Gasteiger partial charge in [0.25, 0.3) is 0 Å². The Labute approximate surface area is 95.3 Å². The van der Waals surface area contributed by atoms with Gasteiger partial charge in [0.1, 0.15) is 4.90 Å². The van der Waals surface area contributed by atoms with Crippen molar-refractivity contribution in [2.75, 3.05) is 5.43 Å². The van der Waals surface area contributed by atoms with Crippen LogP contribution in [0.3, 0.4) is 0 Å². The molecule has 0 bridgehead atoms. The second kappa shape index (κ2) is 4.36. The van der Waals surface area contributed by atoms with E-state index in [0.717, 1.165) is 0 Å². The third kappa shape index (κ3) is 3.16. The lowest BCUT2D eigenvalue weighted by molar-refractivity contribution is 0.491. The maximum Gasteiger partial charge on any atom is 0.244 e. The van der Waals surface area contributed by atoms with E-state index >= 15 is 0 Å². The molecule has 0 saturated carbocycles. The highest BCUT2D eigenvalue weighted by molar-refractivity contribution is 7.89. The highest BCUT2D eigenvalue weighted by Gasteiger charge is 2.24. The minimum atomic E-state index is -3.62. The number of aromatic nitrogens is 1. The number of hydrogen-bond acceptors (Lipinski definition) is 5. The lowest BCUT2D eigenvalue weighted by atomic mass is 10.1. The number of nitrogen functional groups attached to an aromatic ring is 1. The summed E-state index contributed by atoms with van der Waals surface area (Å²) in [5.41, 5.74) is 1.70. The van der Waals surface area contributed by atoms with Crippen LogP contribution < -0.4 is 16.0 Å². The molecule has 0 amide bonds. The summed E-state index contributed by atoms with van der Waals surface area (Å²) in [6, 6.07) is 2.98. The monoisotopic (exact) mass is 244 g/mol. The first-order valence-corrected chi connectivity index (χ1v) is 6.20. The van der Waals surface area contributed by atoms with Crippen molar-refractivity contribution in [1.82, 2.24) is 9.71 Å².